The van der Waals surface area contributed by atoms with Crippen LogP contribution in [0, 0.1) is 11.6 Å². The Bertz CT molecular complexity index is 487. The van der Waals surface area contributed by atoms with E-state index in [1.807, 2.05) is 6.07 Å². The molecule has 96 valence electrons. The van der Waals surface area contributed by atoms with Gasteiger partial charge in [0.15, 0.2) is 0 Å². The second-order valence-electron chi connectivity index (χ2n) is 3.49. The third-order valence-corrected chi connectivity index (χ3v) is 2.26. The second kappa shape index (κ2) is 7.27. The average molecular weight is 250 g/mol. The van der Waals surface area contributed by atoms with Gasteiger partial charge in [0.05, 0.1) is 5.69 Å². The molecule has 0 unspecified atom stereocenters. The van der Waals surface area contributed by atoms with Crippen molar-refractivity contribution in [2.45, 2.75) is 0 Å². The quantitative estimate of drug-likeness (QED) is 0.848. The first kappa shape index (κ1) is 14.0. The highest BCUT2D eigenvalue weighted by atomic mass is 19.1. The van der Waals surface area contributed by atoms with Crippen molar-refractivity contribution < 1.29 is 8.78 Å². The van der Waals surface area contributed by atoms with Crippen molar-refractivity contribution in [2.75, 3.05) is 24.7 Å². The topological polar surface area (TPSA) is 24.1 Å². The highest BCUT2D eigenvalue weighted by Gasteiger charge is 1.93. The standard InChI is InChI=1S/2C7H8FN/c1-9-7-4-2-3-6(8)5-7;1-9-7-5-3-2-4-6(7)8/h2*2-5,9H,1H3. The smallest absolute Gasteiger partial charge is 0.146 e. The molecule has 0 saturated carbocycles. The van der Waals surface area contributed by atoms with Crippen LogP contribution < -0.4 is 10.6 Å². The van der Waals surface area contributed by atoms with Crippen molar-refractivity contribution in [1.82, 2.24) is 0 Å². The van der Waals surface area contributed by atoms with Gasteiger partial charge in [-0.25, -0.2) is 8.78 Å². The van der Waals surface area contributed by atoms with Crippen molar-refractivity contribution in [2.24, 2.45) is 0 Å². The predicted molar refractivity (Wildman–Crippen MR) is 71.9 cm³/mol. The molecule has 4 heteroatoms. The Morgan fingerprint density at radius 2 is 1.56 bits per heavy atom. The average Bonchev–Trinajstić information content (AvgIpc) is 2.40. The van der Waals surface area contributed by atoms with Crippen molar-refractivity contribution in [3.8, 4) is 0 Å². The molecule has 0 radical (unpaired) electrons. The maximum atomic E-state index is 12.5. The maximum Gasteiger partial charge on any atom is 0.146 e. The number of rotatable bonds is 2. The van der Waals surface area contributed by atoms with E-state index in [1.54, 1.807) is 38.4 Å². The molecule has 2 rings (SSSR count). The van der Waals surface area contributed by atoms with Crippen molar-refractivity contribution in [1.29, 1.82) is 0 Å². The van der Waals surface area contributed by atoms with Crippen molar-refractivity contribution >= 4 is 11.4 Å². The molecule has 0 heterocycles. The predicted octanol–water partition coefficient (Wildman–Crippen LogP) is 3.73. The molecule has 0 bridgehead atoms. The molecule has 2 N–H and O–H groups in total. The SMILES string of the molecule is CNc1cccc(F)c1.CNc1ccccc1F. The van der Waals surface area contributed by atoms with Crippen LogP contribution in [0.3, 0.4) is 0 Å². The molecule has 18 heavy (non-hydrogen) atoms. The van der Waals surface area contributed by atoms with Crippen molar-refractivity contribution in [3.63, 3.8) is 0 Å². The molecule has 0 atom stereocenters. The maximum absolute atomic E-state index is 12.5. The summed E-state index contributed by atoms with van der Waals surface area (Å²) in [6, 6.07) is 12.9. The van der Waals surface area contributed by atoms with E-state index < -0.39 is 0 Å². The minimum Gasteiger partial charge on any atom is -0.388 e. The molecular formula is C14H16F2N2. The minimum atomic E-state index is -0.208. The van der Waals surface area contributed by atoms with E-state index in [0.717, 1.165) is 5.69 Å². The lowest BCUT2D eigenvalue weighted by Gasteiger charge is -1.97. The van der Waals surface area contributed by atoms with Gasteiger partial charge in [-0.3, -0.25) is 0 Å². The van der Waals surface area contributed by atoms with Crippen LogP contribution in [-0.2, 0) is 0 Å². The van der Waals surface area contributed by atoms with Gasteiger partial charge < -0.3 is 10.6 Å². The fourth-order valence-electron chi connectivity index (χ4n) is 1.31. The molecular weight excluding hydrogens is 234 g/mol. The van der Waals surface area contributed by atoms with E-state index in [4.69, 9.17) is 0 Å². The number of halogens is 2. The molecule has 0 aromatic heterocycles. The normalized spacial score (nSPS) is 9.11. The zero-order valence-electron chi connectivity index (χ0n) is 10.4. The van der Waals surface area contributed by atoms with E-state index >= 15 is 0 Å². The molecule has 0 spiro atoms. The third kappa shape index (κ3) is 4.41. The van der Waals surface area contributed by atoms with Crippen LogP contribution in [0.15, 0.2) is 48.5 Å². The van der Waals surface area contributed by atoms with E-state index in [9.17, 15) is 8.78 Å². The van der Waals surface area contributed by atoms with Crippen LogP contribution in [0.2, 0.25) is 0 Å². The molecule has 0 aliphatic rings. The lowest BCUT2D eigenvalue weighted by Crippen LogP contribution is -1.90. The van der Waals surface area contributed by atoms with Crippen LogP contribution >= 0.6 is 0 Å². The summed E-state index contributed by atoms with van der Waals surface area (Å²) in [5, 5.41) is 5.55. The Morgan fingerprint density at radius 3 is 2.00 bits per heavy atom. The van der Waals surface area contributed by atoms with Gasteiger partial charge in [0, 0.05) is 19.8 Å². The van der Waals surface area contributed by atoms with E-state index in [1.165, 1.54) is 18.2 Å². The van der Waals surface area contributed by atoms with E-state index in [-0.39, 0.29) is 11.6 Å². The molecule has 0 amide bonds. The first-order chi connectivity index (χ1) is 8.67. The summed E-state index contributed by atoms with van der Waals surface area (Å²) < 4.78 is 24.8. The number of anilines is 2. The lowest BCUT2D eigenvalue weighted by molar-refractivity contribution is 0.628. The summed E-state index contributed by atoms with van der Waals surface area (Å²) in [6.07, 6.45) is 0. The summed E-state index contributed by atoms with van der Waals surface area (Å²) in [7, 11) is 3.45. The highest BCUT2D eigenvalue weighted by molar-refractivity contribution is 5.43. The summed E-state index contributed by atoms with van der Waals surface area (Å²) in [5.74, 6) is -0.415. The van der Waals surface area contributed by atoms with Gasteiger partial charge in [-0.05, 0) is 30.3 Å². The number of benzene rings is 2. The number of nitrogens with one attached hydrogen (secondary N) is 2. The van der Waals surface area contributed by atoms with Crippen LogP contribution in [0.1, 0.15) is 0 Å². The molecule has 0 saturated heterocycles. The van der Waals surface area contributed by atoms with Gasteiger partial charge in [-0.1, -0.05) is 18.2 Å². The Labute approximate surface area is 106 Å². The fraction of sp³-hybridized carbons (Fsp3) is 0.143. The zero-order chi connectivity index (χ0) is 13.4. The van der Waals surface area contributed by atoms with Gasteiger partial charge >= 0.3 is 0 Å². The van der Waals surface area contributed by atoms with Gasteiger partial charge in [0.1, 0.15) is 11.6 Å². The number of hydrogen-bond acceptors (Lipinski definition) is 2. The summed E-state index contributed by atoms with van der Waals surface area (Å²) in [6.45, 7) is 0. The highest BCUT2D eigenvalue weighted by Crippen LogP contribution is 2.10. The molecule has 2 aromatic rings. The monoisotopic (exact) mass is 250 g/mol. The Morgan fingerprint density at radius 1 is 0.833 bits per heavy atom. The van der Waals surface area contributed by atoms with Gasteiger partial charge in [0.2, 0.25) is 0 Å². The number of hydrogen-bond donors (Lipinski definition) is 2. The van der Waals surface area contributed by atoms with Crippen LogP contribution in [-0.4, -0.2) is 14.1 Å². The molecule has 2 nitrogen and oxygen atoms in total. The van der Waals surface area contributed by atoms with Crippen molar-refractivity contribution in [3.05, 3.63) is 60.2 Å². The molecule has 0 aliphatic carbocycles. The summed E-state index contributed by atoms with van der Waals surface area (Å²) >= 11 is 0. The summed E-state index contributed by atoms with van der Waals surface area (Å²) in [5.41, 5.74) is 1.34. The largest absolute Gasteiger partial charge is 0.388 e. The fourth-order valence-corrected chi connectivity index (χ4v) is 1.31. The zero-order valence-corrected chi connectivity index (χ0v) is 10.4. The van der Waals surface area contributed by atoms with Gasteiger partial charge in [0.25, 0.3) is 0 Å². The summed E-state index contributed by atoms with van der Waals surface area (Å²) in [4.78, 5) is 0. The molecule has 0 fully saturated rings. The van der Waals surface area contributed by atoms with Crippen LogP contribution in [0.25, 0.3) is 0 Å². The van der Waals surface area contributed by atoms with Gasteiger partial charge in [-0.2, -0.15) is 0 Å². The minimum absolute atomic E-state index is 0.207. The lowest BCUT2D eigenvalue weighted by atomic mass is 10.3. The first-order valence-corrected chi connectivity index (χ1v) is 5.53. The Balaban J connectivity index is 0.000000180. The van der Waals surface area contributed by atoms with Gasteiger partial charge in [-0.15, -0.1) is 0 Å². The number of para-hydroxylation sites is 1. The first-order valence-electron chi connectivity index (χ1n) is 5.53. The second-order valence-corrected chi connectivity index (χ2v) is 3.49. The molecule has 0 aliphatic heterocycles. The van der Waals surface area contributed by atoms with E-state index in [0.29, 0.717) is 5.69 Å². The van der Waals surface area contributed by atoms with Crippen LogP contribution in [0.5, 0.6) is 0 Å². The Kier molecular flexibility index (Phi) is 5.64. The third-order valence-electron chi connectivity index (χ3n) is 2.26. The molecule has 2 aromatic carbocycles. The Hall–Kier alpha value is -2.10. The van der Waals surface area contributed by atoms with Crippen LogP contribution in [0.4, 0.5) is 20.2 Å². The van der Waals surface area contributed by atoms with E-state index in [2.05, 4.69) is 10.6 Å².